The highest BCUT2D eigenvalue weighted by atomic mass is 35.5. The number of β-amino-alcohol motifs (C(OH)–C–C–N with tert-alkyl or cyclic N) is 1. The molecule has 0 radical (unpaired) electrons. The number of benzene rings is 4. The molecule has 0 bridgehead atoms. The summed E-state index contributed by atoms with van der Waals surface area (Å²) >= 11 is 8.42. The van der Waals surface area contributed by atoms with Gasteiger partial charge in [-0.15, -0.1) is 11.3 Å². The Hall–Kier alpha value is -7.46. The van der Waals surface area contributed by atoms with Gasteiger partial charge in [-0.1, -0.05) is 73.9 Å². The van der Waals surface area contributed by atoms with Crippen LogP contribution in [0.5, 0.6) is 11.5 Å². The lowest BCUT2D eigenvalue weighted by Gasteiger charge is -2.36. The van der Waals surface area contributed by atoms with Crippen LogP contribution in [0.4, 0.5) is 16.2 Å². The first-order valence-corrected chi connectivity index (χ1v) is 28.1. The summed E-state index contributed by atoms with van der Waals surface area (Å²) in [6.45, 7) is 12.2. The largest absolute Gasteiger partial charge is 0.508 e. The van der Waals surface area contributed by atoms with E-state index in [0.717, 1.165) is 16.1 Å². The van der Waals surface area contributed by atoms with Crippen LogP contribution in [0, 0.1) is 25.6 Å². The maximum absolute atomic E-state index is 17.1. The number of aryl methyl sites for hydroxylation is 2. The standard InChI is InChI=1S/C58H66ClFN10O9S/c1-7-48(73)68-16-18-69(19-17-68)55-43-29-44(59)51(42-27-39(71)25-36-10-8-9-11-41(36)42)52(60)53(43)64-58(65-55)61-15-14-49(74)67(6)20-21-77-22-23-78-46-26-37(54-35(5)63-32-80-54)12-13-38(46)30-62-56(75)45-28-40(72)31-70(45)57(76)50(33(2)3)47-24-34(4)66-79-47/h8-13,24-27,29,32-33,40,45,50,71-72H,7,14-23,28,30-31H2,1-6H3,(H,62,75)(H,61,64,65)/t40-,45+,50+/m1/s1. The number of nitrogens with zero attached hydrogens (tertiary/aromatic N) is 8. The van der Waals surface area contributed by atoms with E-state index in [1.54, 1.807) is 47.5 Å². The molecule has 2 saturated heterocycles. The van der Waals surface area contributed by atoms with Gasteiger partial charge in [0.1, 0.15) is 47.2 Å². The number of halogens is 2. The van der Waals surface area contributed by atoms with Crippen molar-refractivity contribution in [2.24, 2.45) is 5.92 Å². The van der Waals surface area contributed by atoms with Gasteiger partial charge in [-0.3, -0.25) is 19.2 Å². The molecular weight excluding hydrogens is 1070 g/mol. The number of amides is 4. The number of phenolic OH excluding ortho intramolecular Hbond substituents is 1. The first kappa shape index (κ1) is 57.2. The maximum atomic E-state index is 17.1. The minimum absolute atomic E-state index is 0.00378. The predicted molar refractivity (Wildman–Crippen MR) is 304 cm³/mol. The SMILES string of the molecule is CCC(=O)N1CCN(c2nc(NCCC(=O)N(C)CCOCCOc3cc(-c4scnc4C)ccc3CNC(=O)[C@@H]3C[C@@H](O)CN3C(=O)[C@H](c3cc(C)no3)C(C)C)nc3c(F)c(-c4cc(O)cc5ccccc45)c(Cl)cc23)CC1. The molecule has 3 aromatic heterocycles. The number of hydrogen-bond acceptors (Lipinski definition) is 16. The lowest BCUT2D eigenvalue weighted by molar-refractivity contribution is -0.141. The minimum atomic E-state index is -0.897. The molecule has 2 aliphatic heterocycles. The fourth-order valence-electron chi connectivity index (χ4n) is 10.4. The van der Waals surface area contributed by atoms with E-state index in [2.05, 4.69) is 25.8 Å². The van der Waals surface area contributed by atoms with Gasteiger partial charge < -0.3 is 54.4 Å². The minimum Gasteiger partial charge on any atom is -0.508 e. The van der Waals surface area contributed by atoms with Crippen molar-refractivity contribution < 1.29 is 47.8 Å². The van der Waals surface area contributed by atoms with E-state index in [-0.39, 0.29) is 110 Å². The first-order chi connectivity index (χ1) is 38.5. The Bertz CT molecular complexity index is 3400. The van der Waals surface area contributed by atoms with Crippen molar-refractivity contribution in [3.05, 3.63) is 106 Å². The van der Waals surface area contributed by atoms with Crippen LogP contribution in [0.3, 0.4) is 0 Å². The van der Waals surface area contributed by atoms with Crippen molar-refractivity contribution in [2.75, 3.05) is 82.9 Å². The summed E-state index contributed by atoms with van der Waals surface area (Å²) in [6, 6.07) is 18.6. The van der Waals surface area contributed by atoms with Gasteiger partial charge in [0.25, 0.3) is 0 Å². The number of likely N-dealkylation sites (tertiary alicyclic amines) is 1. The fraction of sp³-hybridized carbons (Fsp3) is 0.414. The Morgan fingerprint density at radius 3 is 2.50 bits per heavy atom. The molecule has 0 unspecified atom stereocenters. The zero-order valence-corrected chi connectivity index (χ0v) is 47.2. The molecule has 4 N–H and O–H groups in total. The molecule has 4 aromatic carbocycles. The molecule has 422 valence electrons. The van der Waals surface area contributed by atoms with E-state index in [9.17, 15) is 29.4 Å². The van der Waals surface area contributed by atoms with Crippen LogP contribution in [0.1, 0.15) is 68.7 Å². The lowest BCUT2D eigenvalue weighted by Crippen LogP contribution is -2.49. The number of anilines is 2. The lowest BCUT2D eigenvalue weighted by atomic mass is 9.91. The smallest absolute Gasteiger partial charge is 0.243 e. The second kappa shape index (κ2) is 25.3. The van der Waals surface area contributed by atoms with Gasteiger partial charge in [0.2, 0.25) is 29.6 Å². The van der Waals surface area contributed by atoms with E-state index < -0.39 is 29.8 Å². The topological polar surface area (TPSA) is 229 Å². The van der Waals surface area contributed by atoms with Crippen molar-refractivity contribution in [2.45, 2.75) is 78.5 Å². The average molecular weight is 1130 g/mol. The number of aliphatic hydroxyl groups excluding tert-OH is 1. The van der Waals surface area contributed by atoms with Crippen LogP contribution < -0.4 is 20.3 Å². The van der Waals surface area contributed by atoms with E-state index in [1.807, 2.05) is 75.1 Å². The highest BCUT2D eigenvalue weighted by Crippen LogP contribution is 2.43. The second-order valence-electron chi connectivity index (χ2n) is 20.5. The molecule has 19 nitrogen and oxygen atoms in total. The molecule has 80 heavy (non-hydrogen) atoms. The predicted octanol–water partition coefficient (Wildman–Crippen LogP) is 8.11. The summed E-state index contributed by atoms with van der Waals surface area (Å²) < 4.78 is 34.8. The summed E-state index contributed by atoms with van der Waals surface area (Å²) in [6.07, 6.45) is -0.335. The number of rotatable bonds is 21. The van der Waals surface area contributed by atoms with Gasteiger partial charge >= 0.3 is 0 Å². The van der Waals surface area contributed by atoms with Crippen molar-refractivity contribution >= 4 is 80.0 Å². The molecule has 3 atom stereocenters. The van der Waals surface area contributed by atoms with Gasteiger partial charge in [0.15, 0.2) is 5.82 Å². The summed E-state index contributed by atoms with van der Waals surface area (Å²) in [5.41, 5.74) is 5.34. The molecule has 5 heterocycles. The van der Waals surface area contributed by atoms with E-state index >= 15 is 4.39 Å². The van der Waals surface area contributed by atoms with Crippen molar-refractivity contribution in [3.8, 4) is 33.1 Å². The van der Waals surface area contributed by atoms with Gasteiger partial charge in [0.05, 0.1) is 46.1 Å². The number of nitrogens with one attached hydrogen (secondary N) is 2. The number of carbonyl (C=O) groups excluding carboxylic acids is 4. The average Bonchev–Trinajstić information content (AvgIpc) is 4.32. The Morgan fingerprint density at radius 1 is 0.988 bits per heavy atom. The fourth-order valence-corrected chi connectivity index (χ4v) is 11.5. The molecule has 2 fully saturated rings. The zero-order chi connectivity index (χ0) is 56.8. The molecule has 0 aliphatic carbocycles. The molecular formula is C58H66ClFN10O9S. The summed E-state index contributed by atoms with van der Waals surface area (Å²) in [5.74, 6) is -0.962. The van der Waals surface area contributed by atoms with E-state index in [4.69, 9.17) is 30.6 Å². The van der Waals surface area contributed by atoms with Crippen molar-refractivity contribution in [1.82, 2.24) is 40.1 Å². The number of ether oxygens (including phenoxy) is 2. The van der Waals surface area contributed by atoms with E-state index in [1.165, 1.54) is 22.3 Å². The second-order valence-corrected chi connectivity index (χ2v) is 21.8. The Balaban J connectivity index is 0.811. The monoisotopic (exact) mass is 1130 g/mol. The van der Waals surface area contributed by atoms with Gasteiger partial charge in [0, 0.05) is 101 Å². The summed E-state index contributed by atoms with van der Waals surface area (Å²) in [4.78, 5) is 75.4. The highest BCUT2D eigenvalue weighted by Gasteiger charge is 2.43. The Kier molecular flexibility index (Phi) is 18.1. The van der Waals surface area contributed by atoms with Gasteiger partial charge in [-0.2, -0.15) is 4.98 Å². The molecule has 0 saturated carbocycles. The van der Waals surface area contributed by atoms with Crippen LogP contribution in [0.25, 0.3) is 43.2 Å². The van der Waals surface area contributed by atoms with Crippen LogP contribution in [-0.4, -0.2) is 153 Å². The molecule has 0 spiro atoms. The Labute approximate surface area is 472 Å². The Morgan fingerprint density at radius 2 is 1.77 bits per heavy atom. The van der Waals surface area contributed by atoms with Crippen molar-refractivity contribution in [3.63, 3.8) is 0 Å². The summed E-state index contributed by atoms with van der Waals surface area (Å²) in [7, 11) is 1.68. The number of aromatic nitrogens is 4. The van der Waals surface area contributed by atoms with Gasteiger partial charge in [-0.25, -0.2) is 14.4 Å². The highest BCUT2D eigenvalue weighted by molar-refractivity contribution is 7.13. The molecule has 7 aromatic rings. The van der Waals surface area contributed by atoms with Crippen LogP contribution >= 0.6 is 22.9 Å². The van der Waals surface area contributed by atoms with E-state index in [0.29, 0.717) is 82.9 Å². The number of thiazole rings is 1. The molecule has 9 rings (SSSR count). The number of hydrogen-bond donors (Lipinski definition) is 4. The molecule has 2 aliphatic rings. The number of aromatic hydroxyl groups is 1. The summed E-state index contributed by atoms with van der Waals surface area (Å²) in [5, 5.41) is 33.3. The van der Waals surface area contributed by atoms with Gasteiger partial charge in [-0.05, 0) is 65.9 Å². The maximum Gasteiger partial charge on any atom is 0.243 e. The molecule has 22 heteroatoms. The first-order valence-electron chi connectivity index (χ1n) is 26.8. The quantitative estimate of drug-likeness (QED) is 0.0498. The third-order valence-corrected chi connectivity index (χ3v) is 15.9. The number of piperazine rings is 1. The zero-order valence-electron chi connectivity index (χ0n) is 45.6. The molecule has 4 amide bonds. The third kappa shape index (κ3) is 12.8. The number of fused-ring (bicyclic) bond motifs is 2. The number of carbonyl (C=O) groups is 4. The normalized spacial score (nSPS) is 15.9. The van der Waals surface area contributed by atoms with Crippen LogP contribution in [-0.2, 0) is 30.5 Å². The number of phenols is 1. The third-order valence-electron chi connectivity index (χ3n) is 14.6. The number of aliphatic hydroxyl groups is 1. The van der Waals surface area contributed by atoms with Crippen molar-refractivity contribution in [1.29, 1.82) is 0 Å². The number of likely N-dealkylation sites (N-methyl/N-ethyl adjacent to an activating group) is 1. The van der Waals surface area contributed by atoms with Crippen LogP contribution in [0.2, 0.25) is 5.02 Å². The van der Waals surface area contributed by atoms with Crippen LogP contribution in [0.15, 0.2) is 76.8 Å².